The van der Waals surface area contributed by atoms with Gasteiger partial charge in [-0.15, -0.1) is 0 Å². The molecule has 1 aliphatic carbocycles. The average molecular weight is 250 g/mol. The summed E-state index contributed by atoms with van der Waals surface area (Å²) in [4.78, 5) is 16.4. The molecular formula is C14H16ClNO. The SMILES string of the molecule is O=C(/C1=C/CCCCCC1)c1ncccc1Cl. The minimum Gasteiger partial charge on any atom is -0.287 e. The van der Waals surface area contributed by atoms with Gasteiger partial charge in [0.05, 0.1) is 5.02 Å². The van der Waals surface area contributed by atoms with Gasteiger partial charge < -0.3 is 0 Å². The van der Waals surface area contributed by atoms with Gasteiger partial charge in [0, 0.05) is 6.20 Å². The van der Waals surface area contributed by atoms with Crippen LogP contribution in [-0.2, 0) is 0 Å². The Morgan fingerprint density at radius 1 is 1.24 bits per heavy atom. The van der Waals surface area contributed by atoms with E-state index in [1.54, 1.807) is 18.3 Å². The van der Waals surface area contributed by atoms with Crippen LogP contribution in [0.5, 0.6) is 0 Å². The van der Waals surface area contributed by atoms with Crippen LogP contribution in [0, 0.1) is 0 Å². The van der Waals surface area contributed by atoms with Crippen molar-refractivity contribution in [3.8, 4) is 0 Å². The first-order chi connectivity index (χ1) is 8.29. The Balaban J connectivity index is 2.21. The summed E-state index contributed by atoms with van der Waals surface area (Å²) >= 11 is 6.00. The van der Waals surface area contributed by atoms with E-state index in [9.17, 15) is 4.79 Å². The number of nitrogens with zero attached hydrogens (tertiary/aromatic N) is 1. The van der Waals surface area contributed by atoms with Gasteiger partial charge in [-0.2, -0.15) is 0 Å². The van der Waals surface area contributed by atoms with E-state index in [2.05, 4.69) is 11.1 Å². The second kappa shape index (κ2) is 5.97. The second-order valence-electron chi connectivity index (χ2n) is 4.35. The molecule has 2 nitrogen and oxygen atoms in total. The maximum atomic E-state index is 12.3. The summed E-state index contributed by atoms with van der Waals surface area (Å²) in [6.07, 6.45) is 10.3. The first kappa shape index (κ1) is 12.3. The van der Waals surface area contributed by atoms with Crippen molar-refractivity contribution in [2.45, 2.75) is 38.5 Å². The highest BCUT2D eigenvalue weighted by Crippen LogP contribution is 2.22. The molecule has 0 saturated heterocycles. The Labute approximate surface area is 107 Å². The molecule has 3 heteroatoms. The number of halogens is 1. The number of carbonyl (C=O) groups is 1. The molecule has 0 amide bonds. The zero-order chi connectivity index (χ0) is 12.1. The fourth-order valence-electron chi connectivity index (χ4n) is 2.10. The summed E-state index contributed by atoms with van der Waals surface area (Å²) in [6.45, 7) is 0. The number of pyridine rings is 1. The van der Waals surface area contributed by atoms with Crippen molar-refractivity contribution < 1.29 is 4.79 Å². The lowest BCUT2D eigenvalue weighted by Gasteiger charge is -2.10. The standard InChI is InChI=1S/C14H16ClNO/c15-12-9-6-10-16-13(12)14(17)11-7-4-2-1-3-5-8-11/h6-7,9-10H,1-5,8H2/b11-7+. The second-order valence-corrected chi connectivity index (χ2v) is 4.75. The van der Waals surface area contributed by atoms with Crippen LogP contribution < -0.4 is 0 Å². The quantitative estimate of drug-likeness (QED) is 0.736. The van der Waals surface area contributed by atoms with Crippen LogP contribution in [0.4, 0.5) is 0 Å². The van der Waals surface area contributed by atoms with Gasteiger partial charge >= 0.3 is 0 Å². The molecule has 0 unspecified atom stereocenters. The van der Waals surface area contributed by atoms with Gasteiger partial charge in [-0.1, -0.05) is 30.5 Å². The molecule has 2 rings (SSSR count). The Kier molecular flexibility index (Phi) is 4.32. The molecule has 0 fully saturated rings. The van der Waals surface area contributed by atoms with Gasteiger partial charge in [-0.25, -0.2) is 0 Å². The fourth-order valence-corrected chi connectivity index (χ4v) is 2.31. The Morgan fingerprint density at radius 3 is 2.88 bits per heavy atom. The molecule has 90 valence electrons. The highest BCUT2D eigenvalue weighted by atomic mass is 35.5. The highest BCUT2D eigenvalue weighted by molar-refractivity contribution is 6.34. The van der Waals surface area contributed by atoms with Crippen molar-refractivity contribution in [2.75, 3.05) is 0 Å². The average Bonchev–Trinajstić information content (AvgIpc) is 2.28. The maximum absolute atomic E-state index is 12.3. The van der Waals surface area contributed by atoms with E-state index in [-0.39, 0.29) is 5.78 Å². The van der Waals surface area contributed by atoms with Crippen molar-refractivity contribution in [2.24, 2.45) is 0 Å². The van der Waals surface area contributed by atoms with Crippen LogP contribution in [0.2, 0.25) is 5.02 Å². The van der Waals surface area contributed by atoms with Gasteiger partial charge in [0.1, 0.15) is 5.69 Å². The number of hydrogen-bond acceptors (Lipinski definition) is 2. The van der Waals surface area contributed by atoms with Crippen LogP contribution in [0.25, 0.3) is 0 Å². The van der Waals surface area contributed by atoms with Gasteiger partial charge in [0.15, 0.2) is 0 Å². The molecule has 1 aliphatic rings. The normalized spacial score (nSPS) is 19.9. The zero-order valence-corrected chi connectivity index (χ0v) is 10.5. The predicted octanol–water partition coefficient (Wildman–Crippen LogP) is 4.20. The Morgan fingerprint density at radius 2 is 2.06 bits per heavy atom. The first-order valence-corrected chi connectivity index (χ1v) is 6.51. The molecule has 0 atom stereocenters. The van der Waals surface area contributed by atoms with Crippen molar-refractivity contribution >= 4 is 17.4 Å². The lowest BCUT2D eigenvalue weighted by Crippen LogP contribution is -2.08. The van der Waals surface area contributed by atoms with E-state index in [4.69, 9.17) is 11.6 Å². The van der Waals surface area contributed by atoms with Gasteiger partial charge in [-0.05, 0) is 43.4 Å². The number of hydrogen-bond donors (Lipinski definition) is 0. The molecule has 0 aliphatic heterocycles. The van der Waals surface area contributed by atoms with E-state index < -0.39 is 0 Å². The van der Waals surface area contributed by atoms with Crippen molar-refractivity contribution in [1.82, 2.24) is 4.98 Å². The number of carbonyl (C=O) groups excluding carboxylic acids is 1. The molecule has 0 N–H and O–H groups in total. The Bertz CT molecular complexity index is 440. The molecule has 1 heterocycles. The van der Waals surface area contributed by atoms with Crippen LogP contribution >= 0.6 is 11.6 Å². The minimum absolute atomic E-state index is 0.00231. The Hall–Kier alpha value is -1.15. The first-order valence-electron chi connectivity index (χ1n) is 6.13. The number of allylic oxidation sites excluding steroid dienone is 2. The van der Waals surface area contributed by atoms with Crippen LogP contribution in [0.15, 0.2) is 30.0 Å². The molecule has 1 aromatic rings. The lowest BCUT2D eigenvalue weighted by atomic mass is 9.96. The summed E-state index contributed by atoms with van der Waals surface area (Å²) in [5.41, 5.74) is 1.27. The largest absolute Gasteiger partial charge is 0.287 e. The van der Waals surface area contributed by atoms with Crippen molar-refractivity contribution in [3.63, 3.8) is 0 Å². The van der Waals surface area contributed by atoms with Gasteiger partial charge in [0.2, 0.25) is 5.78 Å². The highest BCUT2D eigenvalue weighted by Gasteiger charge is 2.16. The number of Topliss-reactive ketones (excluding diaryl/α,β-unsaturated/α-hetero) is 1. The predicted molar refractivity (Wildman–Crippen MR) is 69.4 cm³/mol. The number of aromatic nitrogens is 1. The van der Waals surface area contributed by atoms with Crippen LogP contribution in [-0.4, -0.2) is 10.8 Å². The third-order valence-electron chi connectivity index (χ3n) is 3.06. The monoisotopic (exact) mass is 249 g/mol. The molecule has 0 bridgehead atoms. The van der Waals surface area contributed by atoms with Crippen molar-refractivity contribution in [1.29, 1.82) is 0 Å². The van der Waals surface area contributed by atoms with Crippen LogP contribution in [0.3, 0.4) is 0 Å². The van der Waals surface area contributed by atoms with Crippen LogP contribution in [0.1, 0.15) is 49.0 Å². The smallest absolute Gasteiger partial charge is 0.208 e. The zero-order valence-electron chi connectivity index (χ0n) is 9.79. The molecule has 0 saturated carbocycles. The molecule has 17 heavy (non-hydrogen) atoms. The van der Waals surface area contributed by atoms with E-state index in [0.717, 1.165) is 24.8 Å². The third-order valence-corrected chi connectivity index (χ3v) is 3.36. The van der Waals surface area contributed by atoms with E-state index >= 15 is 0 Å². The molecular weight excluding hydrogens is 234 g/mol. The van der Waals surface area contributed by atoms with Gasteiger partial charge in [0.25, 0.3) is 0 Å². The van der Waals surface area contributed by atoms with Crippen molar-refractivity contribution in [3.05, 3.63) is 40.7 Å². The summed E-state index contributed by atoms with van der Waals surface area (Å²) < 4.78 is 0. The topological polar surface area (TPSA) is 30.0 Å². The minimum atomic E-state index is -0.00231. The molecule has 0 radical (unpaired) electrons. The van der Waals surface area contributed by atoms with E-state index in [0.29, 0.717) is 10.7 Å². The third kappa shape index (κ3) is 3.16. The molecule has 1 aromatic heterocycles. The summed E-state index contributed by atoms with van der Waals surface area (Å²) in [5, 5.41) is 0.445. The number of rotatable bonds is 2. The van der Waals surface area contributed by atoms with E-state index in [1.807, 2.05) is 0 Å². The number of ketones is 1. The summed E-state index contributed by atoms with van der Waals surface area (Å²) in [5.74, 6) is -0.00231. The fraction of sp³-hybridized carbons (Fsp3) is 0.429. The lowest BCUT2D eigenvalue weighted by molar-refractivity contribution is 0.102. The summed E-state index contributed by atoms with van der Waals surface area (Å²) in [6, 6.07) is 3.46. The maximum Gasteiger partial charge on any atom is 0.208 e. The van der Waals surface area contributed by atoms with Gasteiger partial charge in [-0.3, -0.25) is 9.78 Å². The molecule has 0 aromatic carbocycles. The molecule has 0 spiro atoms. The van der Waals surface area contributed by atoms with E-state index in [1.165, 1.54) is 19.3 Å². The summed E-state index contributed by atoms with van der Waals surface area (Å²) in [7, 11) is 0.